The van der Waals surface area contributed by atoms with E-state index in [0.29, 0.717) is 19.6 Å². The zero-order valence-corrected chi connectivity index (χ0v) is 15.3. The third-order valence-electron chi connectivity index (χ3n) is 3.54. The van der Waals surface area contributed by atoms with Gasteiger partial charge in [0.15, 0.2) is 0 Å². The van der Waals surface area contributed by atoms with Gasteiger partial charge >= 0.3 is 6.03 Å². The van der Waals surface area contributed by atoms with Crippen LogP contribution in [-0.4, -0.2) is 22.5 Å². The molecule has 0 spiro atoms. The van der Waals surface area contributed by atoms with Gasteiger partial charge in [-0.15, -0.1) is 11.3 Å². The van der Waals surface area contributed by atoms with E-state index in [9.17, 15) is 4.79 Å². The molecule has 2 aromatic heterocycles. The number of amides is 2. The average Bonchev–Trinajstić information content (AvgIpc) is 3.10. The summed E-state index contributed by atoms with van der Waals surface area (Å²) in [6.07, 6.45) is 2.38. The number of ether oxygens (including phenoxy) is 1. The van der Waals surface area contributed by atoms with Gasteiger partial charge in [-0.05, 0) is 31.2 Å². The topological polar surface area (TPSA) is 76.1 Å². The largest absolute Gasteiger partial charge is 0.485 e. The number of carbonyl (C=O) groups is 1. The molecule has 7 heteroatoms. The maximum absolute atomic E-state index is 11.8. The quantitative estimate of drug-likeness (QED) is 0.665. The number of para-hydroxylation sites is 1. The van der Waals surface area contributed by atoms with Crippen molar-refractivity contribution in [2.45, 2.75) is 20.0 Å². The summed E-state index contributed by atoms with van der Waals surface area (Å²) in [4.78, 5) is 20.5. The van der Waals surface area contributed by atoms with Crippen LogP contribution in [0.3, 0.4) is 0 Å². The van der Waals surface area contributed by atoms with Crippen LogP contribution in [0.25, 0.3) is 0 Å². The summed E-state index contributed by atoms with van der Waals surface area (Å²) in [6, 6.07) is 12.9. The molecule has 0 fully saturated rings. The minimum atomic E-state index is -0.221. The van der Waals surface area contributed by atoms with Gasteiger partial charge in [0.25, 0.3) is 0 Å². The summed E-state index contributed by atoms with van der Waals surface area (Å²) in [6.45, 7) is 2.87. The Bertz CT molecular complexity index is 834. The van der Waals surface area contributed by atoms with E-state index in [2.05, 4.69) is 20.6 Å². The summed E-state index contributed by atoms with van der Waals surface area (Å²) in [5.74, 6) is 0.728. The molecule has 2 amide bonds. The second-order valence-electron chi connectivity index (χ2n) is 5.65. The van der Waals surface area contributed by atoms with Crippen molar-refractivity contribution in [3.05, 3.63) is 70.4 Å². The van der Waals surface area contributed by atoms with E-state index >= 15 is 0 Å². The van der Waals surface area contributed by atoms with E-state index in [4.69, 9.17) is 4.74 Å². The van der Waals surface area contributed by atoms with E-state index in [1.54, 1.807) is 17.5 Å². The SMILES string of the molecule is Cc1ccc(OCc2nc(CCNC(=O)Nc3ccccc3)cs2)cn1. The minimum Gasteiger partial charge on any atom is -0.485 e. The molecule has 1 aromatic carbocycles. The number of aromatic nitrogens is 2. The summed E-state index contributed by atoms with van der Waals surface area (Å²) in [5, 5.41) is 8.50. The van der Waals surface area contributed by atoms with Crippen LogP contribution >= 0.6 is 11.3 Å². The second kappa shape index (κ2) is 8.96. The summed E-state index contributed by atoms with van der Waals surface area (Å²) < 4.78 is 5.68. The van der Waals surface area contributed by atoms with Crippen molar-refractivity contribution < 1.29 is 9.53 Å². The smallest absolute Gasteiger partial charge is 0.319 e. The molecule has 0 radical (unpaired) electrons. The standard InChI is InChI=1S/C19H20N4O2S/c1-14-7-8-17(11-21-14)25-12-18-22-16(13-26-18)9-10-20-19(24)23-15-5-3-2-4-6-15/h2-8,11,13H,9-10,12H2,1H3,(H2,20,23,24). The van der Waals surface area contributed by atoms with Crippen molar-refractivity contribution in [3.63, 3.8) is 0 Å². The number of carbonyl (C=O) groups excluding carboxylic acids is 1. The Labute approximate surface area is 156 Å². The van der Waals surface area contributed by atoms with Crippen molar-refractivity contribution >= 4 is 23.1 Å². The van der Waals surface area contributed by atoms with Crippen LogP contribution in [0.15, 0.2) is 54.0 Å². The monoisotopic (exact) mass is 368 g/mol. The molecule has 3 rings (SSSR count). The number of thiazole rings is 1. The molecule has 0 atom stereocenters. The van der Waals surface area contributed by atoms with Gasteiger partial charge < -0.3 is 15.4 Å². The molecule has 0 saturated heterocycles. The van der Waals surface area contributed by atoms with Crippen LogP contribution < -0.4 is 15.4 Å². The van der Waals surface area contributed by atoms with Gasteiger partial charge in [0.2, 0.25) is 0 Å². The average molecular weight is 368 g/mol. The summed E-state index contributed by atoms with van der Waals surface area (Å²) in [7, 11) is 0. The lowest BCUT2D eigenvalue weighted by Crippen LogP contribution is -2.30. The van der Waals surface area contributed by atoms with Crippen LogP contribution in [0.5, 0.6) is 5.75 Å². The normalized spacial score (nSPS) is 10.3. The fraction of sp³-hybridized carbons (Fsp3) is 0.211. The molecule has 3 aromatic rings. The van der Waals surface area contributed by atoms with E-state index in [1.165, 1.54) is 0 Å². The van der Waals surface area contributed by atoms with Gasteiger partial charge in [0.1, 0.15) is 17.4 Å². The summed E-state index contributed by atoms with van der Waals surface area (Å²) >= 11 is 1.55. The minimum absolute atomic E-state index is 0.221. The van der Waals surface area contributed by atoms with E-state index in [1.807, 2.05) is 54.8 Å². The number of nitrogens with one attached hydrogen (secondary N) is 2. The van der Waals surface area contributed by atoms with Crippen molar-refractivity contribution in [2.24, 2.45) is 0 Å². The highest BCUT2D eigenvalue weighted by Crippen LogP contribution is 2.15. The number of nitrogens with zero attached hydrogens (tertiary/aromatic N) is 2. The number of aryl methyl sites for hydroxylation is 1. The lowest BCUT2D eigenvalue weighted by molar-refractivity contribution is 0.252. The molecule has 0 saturated carbocycles. The first kappa shape index (κ1) is 17.9. The highest BCUT2D eigenvalue weighted by Gasteiger charge is 2.05. The van der Waals surface area contributed by atoms with E-state index in [-0.39, 0.29) is 6.03 Å². The first-order valence-electron chi connectivity index (χ1n) is 8.28. The van der Waals surface area contributed by atoms with Crippen LogP contribution in [0.4, 0.5) is 10.5 Å². The number of pyridine rings is 1. The van der Waals surface area contributed by atoms with E-state index in [0.717, 1.165) is 27.8 Å². The zero-order chi connectivity index (χ0) is 18.2. The molecule has 6 nitrogen and oxygen atoms in total. The highest BCUT2D eigenvalue weighted by atomic mass is 32.1. The fourth-order valence-corrected chi connectivity index (χ4v) is 2.96. The lowest BCUT2D eigenvalue weighted by Gasteiger charge is -2.06. The second-order valence-corrected chi connectivity index (χ2v) is 6.60. The number of hydrogen-bond donors (Lipinski definition) is 2. The number of benzene rings is 1. The maximum Gasteiger partial charge on any atom is 0.319 e. The third-order valence-corrected chi connectivity index (χ3v) is 4.42. The van der Waals surface area contributed by atoms with Gasteiger partial charge in [-0.25, -0.2) is 9.78 Å². The predicted molar refractivity (Wildman–Crippen MR) is 103 cm³/mol. The molecule has 26 heavy (non-hydrogen) atoms. The van der Waals surface area contributed by atoms with Gasteiger partial charge in [-0.2, -0.15) is 0 Å². The third kappa shape index (κ3) is 5.56. The Balaban J connectivity index is 1.39. The van der Waals surface area contributed by atoms with Gasteiger partial charge in [-0.1, -0.05) is 18.2 Å². The Morgan fingerprint density at radius 2 is 2.04 bits per heavy atom. The number of urea groups is 1. The zero-order valence-electron chi connectivity index (χ0n) is 14.4. The van der Waals surface area contributed by atoms with Crippen LogP contribution in [0, 0.1) is 6.92 Å². The van der Waals surface area contributed by atoms with Gasteiger partial charge in [-0.3, -0.25) is 4.98 Å². The highest BCUT2D eigenvalue weighted by molar-refractivity contribution is 7.09. The molecule has 0 aliphatic rings. The number of rotatable bonds is 7. The van der Waals surface area contributed by atoms with Gasteiger partial charge in [0, 0.05) is 29.7 Å². The van der Waals surface area contributed by atoms with E-state index < -0.39 is 0 Å². The van der Waals surface area contributed by atoms with Crippen molar-refractivity contribution in [3.8, 4) is 5.75 Å². The van der Waals surface area contributed by atoms with Crippen molar-refractivity contribution in [2.75, 3.05) is 11.9 Å². The number of anilines is 1. The first-order valence-corrected chi connectivity index (χ1v) is 9.15. The molecular formula is C19H20N4O2S. The molecule has 0 aliphatic heterocycles. The van der Waals surface area contributed by atoms with Crippen molar-refractivity contribution in [1.29, 1.82) is 0 Å². The Kier molecular flexibility index (Phi) is 6.16. The lowest BCUT2D eigenvalue weighted by atomic mass is 10.3. The number of hydrogen-bond acceptors (Lipinski definition) is 5. The Morgan fingerprint density at radius 1 is 1.19 bits per heavy atom. The molecule has 2 N–H and O–H groups in total. The predicted octanol–water partition coefficient (Wildman–Crippen LogP) is 3.79. The summed E-state index contributed by atoms with van der Waals surface area (Å²) in [5.41, 5.74) is 2.66. The molecule has 134 valence electrons. The van der Waals surface area contributed by atoms with Crippen molar-refractivity contribution in [1.82, 2.24) is 15.3 Å². The molecule has 0 unspecified atom stereocenters. The molecular weight excluding hydrogens is 348 g/mol. The maximum atomic E-state index is 11.8. The molecule has 0 aliphatic carbocycles. The Hall–Kier alpha value is -2.93. The molecule has 2 heterocycles. The van der Waals surface area contributed by atoms with Crippen LogP contribution in [0.1, 0.15) is 16.4 Å². The Morgan fingerprint density at radius 3 is 2.81 bits per heavy atom. The van der Waals surface area contributed by atoms with Gasteiger partial charge in [0.05, 0.1) is 11.9 Å². The molecule has 0 bridgehead atoms. The first-order chi connectivity index (χ1) is 12.7. The van der Waals surface area contributed by atoms with Crippen LogP contribution in [-0.2, 0) is 13.0 Å². The fourth-order valence-electron chi connectivity index (χ4n) is 2.22. The van der Waals surface area contributed by atoms with Crippen LogP contribution in [0.2, 0.25) is 0 Å².